The van der Waals surface area contributed by atoms with E-state index in [4.69, 9.17) is 9.47 Å². The van der Waals surface area contributed by atoms with E-state index in [9.17, 15) is 14.0 Å². The van der Waals surface area contributed by atoms with Gasteiger partial charge in [0.05, 0.1) is 13.2 Å². The Morgan fingerprint density at radius 3 is 2.19 bits per heavy atom. The fourth-order valence-electron chi connectivity index (χ4n) is 2.23. The molecule has 0 heterocycles. The van der Waals surface area contributed by atoms with Crippen LogP contribution in [0.4, 0.5) is 10.1 Å². The van der Waals surface area contributed by atoms with Gasteiger partial charge in [0.15, 0.2) is 5.57 Å². The first-order valence-corrected chi connectivity index (χ1v) is 8.22. The van der Waals surface area contributed by atoms with Gasteiger partial charge in [-0.05, 0) is 37.6 Å². The molecule has 1 N–H and O–H groups in total. The highest BCUT2D eigenvalue weighted by molar-refractivity contribution is 6.14. The number of halogens is 1. The molecule has 0 aliphatic heterocycles. The Morgan fingerprint density at radius 2 is 1.62 bits per heavy atom. The minimum absolute atomic E-state index is 0.129. The molecule has 0 aliphatic rings. The number of esters is 2. The largest absolute Gasteiger partial charge is 0.462 e. The predicted octanol–water partition coefficient (Wildman–Crippen LogP) is 3.91. The first kappa shape index (κ1) is 19.2. The third-order valence-electron chi connectivity index (χ3n) is 3.43. The molecule has 0 amide bonds. The van der Waals surface area contributed by atoms with Crippen LogP contribution >= 0.6 is 0 Å². The molecule has 0 saturated heterocycles. The van der Waals surface area contributed by atoms with Crippen molar-refractivity contribution in [2.75, 3.05) is 18.5 Å². The molecular formula is C20H20FNO4. The van der Waals surface area contributed by atoms with Gasteiger partial charge in [-0.1, -0.05) is 30.3 Å². The molecular weight excluding hydrogens is 337 g/mol. The first-order chi connectivity index (χ1) is 12.6. The monoisotopic (exact) mass is 357 g/mol. The Labute approximate surface area is 151 Å². The van der Waals surface area contributed by atoms with E-state index in [1.54, 1.807) is 32.0 Å². The predicted molar refractivity (Wildman–Crippen MR) is 96.8 cm³/mol. The highest BCUT2D eigenvalue weighted by Gasteiger charge is 2.21. The van der Waals surface area contributed by atoms with Crippen LogP contribution in [-0.2, 0) is 19.1 Å². The summed E-state index contributed by atoms with van der Waals surface area (Å²) in [6.07, 6.45) is 1.21. The topological polar surface area (TPSA) is 64.6 Å². The number of anilines is 1. The van der Waals surface area contributed by atoms with Gasteiger partial charge in [-0.15, -0.1) is 0 Å². The number of hydrogen-bond donors (Lipinski definition) is 1. The van der Waals surface area contributed by atoms with Gasteiger partial charge in [-0.3, -0.25) is 0 Å². The van der Waals surface area contributed by atoms with Crippen molar-refractivity contribution in [1.82, 2.24) is 0 Å². The van der Waals surface area contributed by atoms with Gasteiger partial charge < -0.3 is 14.8 Å². The Balaban J connectivity index is 2.29. The number of carbonyl (C=O) groups excluding carboxylic acids is 2. The quantitative estimate of drug-likeness (QED) is 0.352. The first-order valence-electron chi connectivity index (χ1n) is 8.22. The van der Waals surface area contributed by atoms with Crippen LogP contribution in [0.15, 0.2) is 60.3 Å². The fourth-order valence-corrected chi connectivity index (χ4v) is 2.23. The van der Waals surface area contributed by atoms with Crippen LogP contribution in [0, 0.1) is 5.82 Å². The van der Waals surface area contributed by atoms with Gasteiger partial charge >= 0.3 is 11.9 Å². The van der Waals surface area contributed by atoms with E-state index in [1.165, 1.54) is 18.3 Å². The molecule has 6 heteroatoms. The zero-order chi connectivity index (χ0) is 18.9. The molecule has 0 saturated carbocycles. The number of benzene rings is 2. The van der Waals surface area contributed by atoms with Gasteiger partial charge in [0.2, 0.25) is 0 Å². The lowest BCUT2D eigenvalue weighted by molar-refractivity contribution is -0.146. The number of hydrogen-bond acceptors (Lipinski definition) is 5. The third kappa shape index (κ3) is 4.92. The Hall–Kier alpha value is -3.15. The Bertz CT molecular complexity index is 783. The van der Waals surface area contributed by atoms with Gasteiger partial charge in [-0.25, -0.2) is 14.0 Å². The van der Waals surface area contributed by atoms with E-state index >= 15 is 0 Å². The minimum atomic E-state index is -0.788. The Morgan fingerprint density at radius 1 is 1.00 bits per heavy atom. The maximum atomic E-state index is 14.1. The average Bonchev–Trinajstić information content (AvgIpc) is 2.64. The van der Waals surface area contributed by atoms with E-state index in [0.717, 1.165) is 0 Å². The lowest BCUT2D eigenvalue weighted by Crippen LogP contribution is -2.19. The van der Waals surface area contributed by atoms with Crippen molar-refractivity contribution in [3.8, 4) is 11.1 Å². The third-order valence-corrected chi connectivity index (χ3v) is 3.43. The molecule has 0 radical (unpaired) electrons. The standard InChI is InChI=1S/C20H20FNO4/c1-3-25-19(23)17(20(24)26-4-2)13-22-15-10-11-18(21)16(12-15)14-8-6-5-7-9-14/h5-13,22H,3-4H2,1-2H3. The summed E-state index contributed by atoms with van der Waals surface area (Å²) in [5.41, 5.74) is 1.36. The van der Waals surface area contributed by atoms with E-state index < -0.39 is 11.9 Å². The van der Waals surface area contributed by atoms with Crippen molar-refractivity contribution in [2.24, 2.45) is 0 Å². The minimum Gasteiger partial charge on any atom is -0.462 e. The fraction of sp³-hybridized carbons (Fsp3) is 0.200. The SMILES string of the molecule is CCOC(=O)C(=CNc1ccc(F)c(-c2ccccc2)c1)C(=O)OCC. The highest BCUT2D eigenvalue weighted by atomic mass is 19.1. The van der Waals surface area contributed by atoms with Gasteiger partial charge in [0, 0.05) is 17.5 Å². The van der Waals surface area contributed by atoms with Crippen molar-refractivity contribution in [2.45, 2.75) is 13.8 Å². The zero-order valence-electron chi connectivity index (χ0n) is 14.6. The van der Waals surface area contributed by atoms with Crippen molar-refractivity contribution in [1.29, 1.82) is 0 Å². The summed E-state index contributed by atoms with van der Waals surface area (Å²) >= 11 is 0. The zero-order valence-corrected chi connectivity index (χ0v) is 14.6. The lowest BCUT2D eigenvalue weighted by atomic mass is 10.0. The molecule has 0 unspecified atom stereocenters. The summed E-state index contributed by atoms with van der Waals surface area (Å²) in [6, 6.07) is 13.5. The molecule has 136 valence electrons. The summed E-state index contributed by atoms with van der Waals surface area (Å²) in [6.45, 7) is 3.54. The van der Waals surface area contributed by atoms with Crippen molar-refractivity contribution < 1.29 is 23.5 Å². The second-order valence-electron chi connectivity index (χ2n) is 5.20. The van der Waals surface area contributed by atoms with E-state index in [2.05, 4.69) is 5.32 Å². The number of carbonyl (C=O) groups is 2. The second kappa shape index (κ2) is 9.36. The molecule has 0 spiro atoms. The molecule has 2 aromatic carbocycles. The average molecular weight is 357 g/mol. The van der Waals surface area contributed by atoms with Crippen LogP contribution in [0.2, 0.25) is 0 Å². The van der Waals surface area contributed by atoms with Crippen molar-refractivity contribution >= 4 is 17.6 Å². The van der Waals surface area contributed by atoms with Crippen LogP contribution in [0.25, 0.3) is 11.1 Å². The summed E-state index contributed by atoms with van der Waals surface area (Å²) < 4.78 is 23.8. The number of nitrogens with one attached hydrogen (secondary N) is 1. The molecule has 5 nitrogen and oxygen atoms in total. The molecule has 0 bridgehead atoms. The van der Waals surface area contributed by atoms with Gasteiger partial charge in [-0.2, -0.15) is 0 Å². The van der Waals surface area contributed by atoms with Crippen LogP contribution in [0.5, 0.6) is 0 Å². The summed E-state index contributed by atoms with van der Waals surface area (Å²) in [4.78, 5) is 23.9. The van der Waals surface area contributed by atoms with Crippen LogP contribution < -0.4 is 5.32 Å². The summed E-state index contributed by atoms with van der Waals surface area (Å²) in [5, 5.41) is 2.83. The van der Waals surface area contributed by atoms with Crippen molar-refractivity contribution in [3.63, 3.8) is 0 Å². The molecule has 26 heavy (non-hydrogen) atoms. The van der Waals surface area contributed by atoms with Crippen LogP contribution in [0.3, 0.4) is 0 Å². The van der Waals surface area contributed by atoms with E-state index in [-0.39, 0.29) is 24.6 Å². The smallest absolute Gasteiger partial charge is 0.347 e. The molecule has 2 rings (SSSR count). The maximum Gasteiger partial charge on any atom is 0.347 e. The number of ether oxygens (including phenoxy) is 2. The molecule has 0 atom stereocenters. The van der Waals surface area contributed by atoms with E-state index in [1.807, 2.05) is 18.2 Å². The van der Waals surface area contributed by atoms with Crippen molar-refractivity contribution in [3.05, 3.63) is 66.1 Å². The number of rotatable bonds is 7. The van der Waals surface area contributed by atoms with Gasteiger partial charge in [0.1, 0.15) is 5.82 Å². The summed E-state index contributed by atoms with van der Waals surface area (Å²) in [5.74, 6) is -1.95. The highest BCUT2D eigenvalue weighted by Crippen LogP contribution is 2.26. The molecule has 2 aromatic rings. The Kier molecular flexibility index (Phi) is 6.91. The molecule has 0 fully saturated rings. The van der Waals surface area contributed by atoms with Gasteiger partial charge in [0.25, 0.3) is 0 Å². The van der Waals surface area contributed by atoms with Crippen LogP contribution in [0.1, 0.15) is 13.8 Å². The lowest BCUT2D eigenvalue weighted by Gasteiger charge is -2.09. The maximum absolute atomic E-state index is 14.1. The second-order valence-corrected chi connectivity index (χ2v) is 5.20. The van der Waals surface area contributed by atoms with Crippen LogP contribution in [-0.4, -0.2) is 25.2 Å². The molecule has 0 aromatic heterocycles. The summed E-state index contributed by atoms with van der Waals surface area (Å²) in [7, 11) is 0. The normalized spacial score (nSPS) is 9.96. The van der Waals surface area contributed by atoms with E-state index in [0.29, 0.717) is 16.8 Å². The molecule has 0 aliphatic carbocycles.